The first-order chi connectivity index (χ1) is 7.57. The Hall–Kier alpha value is -0.314. The van der Waals surface area contributed by atoms with Crippen molar-refractivity contribution in [2.45, 2.75) is 26.2 Å². The van der Waals surface area contributed by atoms with Crippen LogP contribution < -0.4 is 17.0 Å². The van der Waals surface area contributed by atoms with Crippen molar-refractivity contribution in [3.8, 4) is 11.1 Å². The average molecular weight is 314 g/mol. The van der Waals surface area contributed by atoms with E-state index in [0.29, 0.717) is 0 Å². The molecule has 0 radical (unpaired) electrons. The van der Waals surface area contributed by atoms with Gasteiger partial charge in [-0.2, -0.15) is 30.3 Å². The fraction of sp³-hybridized carbons (Fsp3) is 0.250. The average Bonchev–Trinajstić information content (AvgIpc) is 2.29. The Bertz CT molecular complexity index is 455. The third-order valence-corrected chi connectivity index (χ3v) is 2.79. The summed E-state index contributed by atoms with van der Waals surface area (Å²) in [6.45, 7) is 6.70. The second kappa shape index (κ2) is 7.32. The molecule has 0 unspecified atom stereocenters. The molecule has 2 aromatic carbocycles. The first kappa shape index (κ1) is 17.7. The number of hydrogen-bond acceptors (Lipinski definition) is 0. The van der Waals surface area contributed by atoms with E-state index >= 15 is 0 Å². The minimum Gasteiger partial charge on any atom is -1.00 e. The molecule has 18 heavy (non-hydrogen) atoms. The van der Waals surface area contributed by atoms with Crippen LogP contribution in [0.4, 0.5) is 0 Å². The van der Waals surface area contributed by atoms with E-state index in [1.165, 1.54) is 16.7 Å². The summed E-state index contributed by atoms with van der Waals surface area (Å²) in [7, 11) is 0. The Morgan fingerprint density at radius 1 is 0.889 bits per heavy atom. The second-order valence-electron chi connectivity index (χ2n) is 5.12. The molecule has 0 aliphatic rings. The molecule has 0 bridgehead atoms. The quantitative estimate of drug-likeness (QED) is 0.546. The minimum absolute atomic E-state index is 0. The molecule has 0 heterocycles. The van der Waals surface area contributed by atoms with Gasteiger partial charge in [0.1, 0.15) is 0 Å². The monoisotopic (exact) mass is 312 g/mol. The smallest absolute Gasteiger partial charge is 1.00 e. The Balaban J connectivity index is 0.00000144. The van der Waals surface area contributed by atoms with Gasteiger partial charge in [0.2, 0.25) is 0 Å². The number of halogens is 1. The predicted octanol–water partition coefficient (Wildman–Crippen LogP) is 1.07. The third-order valence-electron chi connectivity index (χ3n) is 2.79. The van der Waals surface area contributed by atoms with Crippen molar-refractivity contribution in [2.75, 3.05) is 0 Å². The first-order valence-electron chi connectivity index (χ1n) is 5.64. The second-order valence-corrected chi connectivity index (χ2v) is 5.12. The molecule has 90 valence electrons. The normalized spacial score (nSPS) is 10.2. The Labute approximate surface area is 137 Å². The third kappa shape index (κ3) is 4.41. The molecule has 0 saturated carbocycles. The molecule has 0 aliphatic heterocycles. The number of benzene rings is 2. The first-order valence-corrected chi connectivity index (χ1v) is 5.64. The van der Waals surface area contributed by atoms with Crippen LogP contribution in [0.5, 0.6) is 0 Å². The van der Waals surface area contributed by atoms with Gasteiger partial charge in [-0.1, -0.05) is 50.6 Å². The van der Waals surface area contributed by atoms with E-state index in [1.807, 2.05) is 18.2 Å². The van der Waals surface area contributed by atoms with E-state index in [9.17, 15) is 0 Å². The zero-order valence-electron chi connectivity index (χ0n) is 11.2. The van der Waals surface area contributed by atoms with Gasteiger partial charge in [-0.15, -0.1) is 5.56 Å². The maximum absolute atomic E-state index is 3.10. The van der Waals surface area contributed by atoms with Crippen LogP contribution in [-0.4, -0.2) is 23.1 Å². The molecule has 0 spiro atoms. The Kier molecular flexibility index (Phi) is 7.19. The largest absolute Gasteiger partial charge is 2.00 e. The van der Waals surface area contributed by atoms with Gasteiger partial charge >= 0.3 is 23.1 Å². The van der Waals surface area contributed by atoms with Crippen LogP contribution in [0.25, 0.3) is 11.1 Å². The molecule has 2 aromatic rings. The number of rotatable bonds is 1. The van der Waals surface area contributed by atoms with Crippen molar-refractivity contribution in [1.82, 2.24) is 0 Å². The molecular weight excluding hydrogens is 296 g/mol. The molecule has 2 heteroatoms. The fourth-order valence-electron chi connectivity index (χ4n) is 1.74. The van der Waals surface area contributed by atoms with Gasteiger partial charge in [-0.3, -0.25) is 0 Å². The molecule has 2 rings (SSSR count). The SMILES string of the molecule is CC(C)(C)c1ccc(-c2c[c-]ccc2)cc1.[Br-].[Mg+2]. The summed E-state index contributed by atoms with van der Waals surface area (Å²) in [5.41, 5.74) is 4.07. The molecule has 0 amide bonds. The van der Waals surface area contributed by atoms with E-state index < -0.39 is 0 Å². The van der Waals surface area contributed by atoms with Crippen molar-refractivity contribution in [3.05, 3.63) is 60.2 Å². The van der Waals surface area contributed by atoms with Crippen LogP contribution in [0, 0.1) is 6.07 Å². The zero-order valence-corrected chi connectivity index (χ0v) is 14.2. The van der Waals surface area contributed by atoms with Gasteiger partial charge in [-0.25, -0.2) is 0 Å². The van der Waals surface area contributed by atoms with Crippen LogP contribution in [0.3, 0.4) is 0 Å². The fourth-order valence-corrected chi connectivity index (χ4v) is 1.74. The van der Waals surface area contributed by atoms with Crippen molar-refractivity contribution < 1.29 is 17.0 Å². The van der Waals surface area contributed by atoms with Crippen LogP contribution in [0.15, 0.2) is 48.5 Å². The molecule has 0 N–H and O–H groups in total. The van der Waals surface area contributed by atoms with Gasteiger partial charge in [0.25, 0.3) is 0 Å². The summed E-state index contributed by atoms with van der Waals surface area (Å²) in [4.78, 5) is 0. The van der Waals surface area contributed by atoms with E-state index in [0.717, 1.165) is 0 Å². The maximum atomic E-state index is 3.10. The van der Waals surface area contributed by atoms with Crippen LogP contribution in [0.2, 0.25) is 0 Å². The summed E-state index contributed by atoms with van der Waals surface area (Å²) >= 11 is 0. The summed E-state index contributed by atoms with van der Waals surface area (Å²) in [5, 5.41) is 0. The molecule has 0 atom stereocenters. The van der Waals surface area contributed by atoms with Crippen LogP contribution in [0.1, 0.15) is 26.3 Å². The van der Waals surface area contributed by atoms with E-state index in [-0.39, 0.29) is 45.4 Å². The Morgan fingerprint density at radius 2 is 1.50 bits per heavy atom. The minimum atomic E-state index is 0. The van der Waals surface area contributed by atoms with Crippen molar-refractivity contribution in [2.24, 2.45) is 0 Å². The van der Waals surface area contributed by atoms with Crippen molar-refractivity contribution >= 4 is 23.1 Å². The van der Waals surface area contributed by atoms with Gasteiger partial charge in [-0.05, 0) is 11.0 Å². The topological polar surface area (TPSA) is 0 Å². The zero-order chi connectivity index (χ0) is 11.6. The summed E-state index contributed by atoms with van der Waals surface area (Å²) in [6, 6.07) is 20.0. The van der Waals surface area contributed by atoms with Crippen molar-refractivity contribution in [3.63, 3.8) is 0 Å². The summed E-state index contributed by atoms with van der Waals surface area (Å²) in [5.74, 6) is 0. The van der Waals surface area contributed by atoms with E-state index in [4.69, 9.17) is 0 Å². The molecular formula is C16H17BrMg. The summed E-state index contributed by atoms with van der Waals surface area (Å²) in [6.07, 6.45) is 0. The standard InChI is InChI=1S/C16H17.BrH.Mg/c1-16(2,3)15-11-9-14(10-12-15)13-7-5-4-6-8-13;;/h4-5,7-12H,1-3H3;1H;/q-1;;+2/p-1. The molecule has 0 fully saturated rings. The van der Waals surface area contributed by atoms with Gasteiger partial charge in [0, 0.05) is 0 Å². The Morgan fingerprint density at radius 3 is 1.94 bits per heavy atom. The van der Waals surface area contributed by atoms with Gasteiger partial charge < -0.3 is 17.0 Å². The van der Waals surface area contributed by atoms with E-state index in [2.05, 4.69) is 57.2 Å². The summed E-state index contributed by atoms with van der Waals surface area (Å²) < 4.78 is 0. The van der Waals surface area contributed by atoms with Crippen molar-refractivity contribution in [1.29, 1.82) is 0 Å². The molecule has 0 saturated heterocycles. The predicted molar refractivity (Wildman–Crippen MR) is 75.2 cm³/mol. The molecule has 0 aromatic heterocycles. The van der Waals surface area contributed by atoms with Crippen LogP contribution >= 0.6 is 0 Å². The van der Waals surface area contributed by atoms with E-state index in [1.54, 1.807) is 0 Å². The molecule has 0 nitrogen and oxygen atoms in total. The maximum Gasteiger partial charge on any atom is 2.00 e. The van der Waals surface area contributed by atoms with Crippen LogP contribution in [-0.2, 0) is 5.41 Å². The van der Waals surface area contributed by atoms with Gasteiger partial charge in [0.05, 0.1) is 0 Å². The number of hydrogen-bond donors (Lipinski definition) is 0. The molecule has 0 aliphatic carbocycles. The van der Waals surface area contributed by atoms with Gasteiger partial charge in [0.15, 0.2) is 0 Å².